The molecule has 1 aliphatic heterocycles. The SMILES string of the molecule is CC1CN(C(=O)c2cc(COc3ccccc3F)on2)CCC1C(=O)O. The van der Waals surface area contributed by atoms with Crippen LogP contribution in [0.15, 0.2) is 34.9 Å². The van der Waals surface area contributed by atoms with E-state index in [-0.39, 0.29) is 29.9 Å². The molecule has 0 bridgehead atoms. The molecule has 1 aliphatic rings. The van der Waals surface area contributed by atoms with Crippen LogP contribution in [0.3, 0.4) is 0 Å². The van der Waals surface area contributed by atoms with E-state index < -0.39 is 17.7 Å². The molecule has 8 heteroatoms. The maximum Gasteiger partial charge on any atom is 0.306 e. The lowest BCUT2D eigenvalue weighted by molar-refractivity contribution is -0.145. The van der Waals surface area contributed by atoms with E-state index >= 15 is 0 Å². The second-order valence-corrected chi connectivity index (χ2v) is 6.36. The second kappa shape index (κ2) is 7.55. The van der Waals surface area contributed by atoms with Crippen LogP contribution in [-0.2, 0) is 11.4 Å². The van der Waals surface area contributed by atoms with Crippen molar-refractivity contribution in [3.63, 3.8) is 0 Å². The van der Waals surface area contributed by atoms with Crippen molar-refractivity contribution in [3.05, 3.63) is 47.6 Å². The maximum absolute atomic E-state index is 13.5. The molecule has 2 atom stereocenters. The Balaban J connectivity index is 1.60. The summed E-state index contributed by atoms with van der Waals surface area (Å²) in [5, 5.41) is 12.9. The van der Waals surface area contributed by atoms with Crippen molar-refractivity contribution in [3.8, 4) is 5.75 Å². The van der Waals surface area contributed by atoms with E-state index in [1.807, 2.05) is 6.92 Å². The smallest absolute Gasteiger partial charge is 0.306 e. The number of aromatic nitrogens is 1. The van der Waals surface area contributed by atoms with Gasteiger partial charge in [-0.05, 0) is 24.5 Å². The normalized spacial score (nSPS) is 20.0. The van der Waals surface area contributed by atoms with Crippen LogP contribution >= 0.6 is 0 Å². The average molecular weight is 362 g/mol. The van der Waals surface area contributed by atoms with E-state index in [0.717, 1.165) is 0 Å². The molecule has 0 saturated carbocycles. The number of benzene rings is 1. The zero-order chi connectivity index (χ0) is 18.7. The van der Waals surface area contributed by atoms with E-state index in [4.69, 9.17) is 14.4 Å². The van der Waals surface area contributed by atoms with Crippen molar-refractivity contribution in [2.45, 2.75) is 20.0 Å². The Morgan fingerprint density at radius 1 is 1.42 bits per heavy atom. The van der Waals surface area contributed by atoms with Crippen LogP contribution in [0.4, 0.5) is 4.39 Å². The molecule has 0 aliphatic carbocycles. The molecule has 1 aromatic carbocycles. The summed E-state index contributed by atoms with van der Waals surface area (Å²) in [6.07, 6.45) is 0.406. The van der Waals surface area contributed by atoms with Crippen LogP contribution in [0.5, 0.6) is 5.75 Å². The third kappa shape index (κ3) is 3.84. The molecular formula is C18H19FN2O5. The predicted molar refractivity (Wildman–Crippen MR) is 88.0 cm³/mol. The summed E-state index contributed by atoms with van der Waals surface area (Å²) in [5.74, 6) is -1.84. The lowest BCUT2D eigenvalue weighted by Crippen LogP contribution is -2.45. The van der Waals surface area contributed by atoms with E-state index in [9.17, 15) is 14.0 Å². The van der Waals surface area contributed by atoms with E-state index in [0.29, 0.717) is 25.3 Å². The quantitative estimate of drug-likeness (QED) is 0.879. The minimum absolute atomic E-state index is 0.0568. The first-order valence-electron chi connectivity index (χ1n) is 8.30. The van der Waals surface area contributed by atoms with Gasteiger partial charge in [0, 0.05) is 19.2 Å². The molecule has 3 rings (SSSR count). The Morgan fingerprint density at radius 3 is 2.88 bits per heavy atom. The van der Waals surface area contributed by atoms with Crippen LogP contribution in [0.2, 0.25) is 0 Å². The molecular weight excluding hydrogens is 343 g/mol. The molecule has 138 valence electrons. The highest BCUT2D eigenvalue weighted by Gasteiger charge is 2.34. The summed E-state index contributed by atoms with van der Waals surface area (Å²) < 4.78 is 23.9. The number of amides is 1. The number of likely N-dealkylation sites (tertiary alicyclic amines) is 1. The Hall–Kier alpha value is -2.90. The molecule has 2 heterocycles. The van der Waals surface area contributed by atoms with Gasteiger partial charge in [-0.25, -0.2) is 4.39 Å². The van der Waals surface area contributed by atoms with E-state index in [2.05, 4.69) is 5.16 Å². The Bertz CT molecular complexity index is 806. The summed E-state index contributed by atoms with van der Waals surface area (Å²) in [6.45, 7) is 2.46. The molecule has 26 heavy (non-hydrogen) atoms. The van der Waals surface area contributed by atoms with Crippen molar-refractivity contribution in [1.82, 2.24) is 10.1 Å². The third-order valence-electron chi connectivity index (χ3n) is 4.49. The number of rotatable bonds is 5. The third-order valence-corrected chi connectivity index (χ3v) is 4.49. The van der Waals surface area contributed by atoms with Crippen molar-refractivity contribution >= 4 is 11.9 Å². The Kier molecular flexibility index (Phi) is 5.20. The first-order valence-corrected chi connectivity index (χ1v) is 8.30. The number of hydrogen-bond donors (Lipinski definition) is 1. The largest absolute Gasteiger partial charge is 0.482 e. The summed E-state index contributed by atoms with van der Waals surface area (Å²) in [7, 11) is 0. The van der Waals surface area contributed by atoms with Crippen LogP contribution in [0.25, 0.3) is 0 Å². The fourth-order valence-electron chi connectivity index (χ4n) is 3.05. The molecule has 0 spiro atoms. The van der Waals surface area contributed by atoms with Gasteiger partial charge in [0.25, 0.3) is 5.91 Å². The minimum atomic E-state index is -0.835. The molecule has 1 saturated heterocycles. The first kappa shape index (κ1) is 17.9. The number of piperidine rings is 1. The van der Waals surface area contributed by atoms with Gasteiger partial charge in [0.15, 0.2) is 23.0 Å². The van der Waals surface area contributed by atoms with Crippen LogP contribution < -0.4 is 4.74 Å². The number of carbonyl (C=O) groups is 2. The molecule has 7 nitrogen and oxygen atoms in total. The lowest BCUT2D eigenvalue weighted by Gasteiger charge is -2.34. The summed E-state index contributed by atoms with van der Waals surface area (Å²) in [4.78, 5) is 25.2. The molecule has 1 N–H and O–H groups in total. The highest BCUT2D eigenvalue weighted by molar-refractivity contribution is 5.92. The first-order chi connectivity index (χ1) is 12.5. The monoisotopic (exact) mass is 362 g/mol. The van der Waals surface area contributed by atoms with Gasteiger partial charge in [0.2, 0.25) is 0 Å². The predicted octanol–water partition coefficient (Wildman–Crippen LogP) is 2.58. The fourth-order valence-corrected chi connectivity index (χ4v) is 3.05. The number of carbonyl (C=O) groups excluding carboxylic acids is 1. The zero-order valence-corrected chi connectivity index (χ0v) is 14.2. The van der Waals surface area contributed by atoms with Gasteiger partial charge in [-0.3, -0.25) is 9.59 Å². The number of ether oxygens (including phenoxy) is 1. The van der Waals surface area contributed by atoms with Crippen LogP contribution in [0, 0.1) is 17.7 Å². The molecule has 1 amide bonds. The second-order valence-electron chi connectivity index (χ2n) is 6.36. The van der Waals surface area contributed by atoms with Gasteiger partial charge >= 0.3 is 5.97 Å². The molecule has 2 aromatic rings. The molecule has 1 aromatic heterocycles. The number of nitrogens with zero attached hydrogens (tertiary/aromatic N) is 2. The van der Waals surface area contributed by atoms with Gasteiger partial charge in [0.1, 0.15) is 6.61 Å². The minimum Gasteiger partial charge on any atom is -0.482 e. The number of halogens is 1. The number of aliphatic carboxylic acids is 1. The van der Waals surface area contributed by atoms with Crippen molar-refractivity contribution in [1.29, 1.82) is 0 Å². The lowest BCUT2D eigenvalue weighted by atomic mass is 9.87. The Labute approximate surface area is 149 Å². The van der Waals surface area contributed by atoms with Crippen molar-refractivity contribution < 1.29 is 28.3 Å². The summed E-state index contributed by atoms with van der Waals surface area (Å²) in [5.41, 5.74) is 0.123. The van der Waals surface area contributed by atoms with E-state index in [1.54, 1.807) is 17.0 Å². The summed E-state index contributed by atoms with van der Waals surface area (Å²) in [6, 6.07) is 7.44. The van der Waals surface area contributed by atoms with Gasteiger partial charge in [-0.1, -0.05) is 24.2 Å². The highest BCUT2D eigenvalue weighted by atomic mass is 19.1. The summed E-state index contributed by atoms with van der Waals surface area (Å²) >= 11 is 0. The topological polar surface area (TPSA) is 92.9 Å². The van der Waals surface area contributed by atoms with Crippen molar-refractivity contribution in [2.75, 3.05) is 13.1 Å². The van der Waals surface area contributed by atoms with Gasteiger partial charge in [-0.2, -0.15) is 0 Å². The average Bonchev–Trinajstić information content (AvgIpc) is 3.09. The fraction of sp³-hybridized carbons (Fsp3) is 0.389. The van der Waals surface area contributed by atoms with E-state index in [1.165, 1.54) is 18.2 Å². The zero-order valence-electron chi connectivity index (χ0n) is 14.2. The molecule has 0 radical (unpaired) electrons. The van der Waals surface area contributed by atoms with Crippen LogP contribution in [-0.4, -0.2) is 40.1 Å². The number of hydrogen-bond acceptors (Lipinski definition) is 5. The number of carboxylic acids is 1. The number of para-hydroxylation sites is 1. The Morgan fingerprint density at radius 2 is 2.19 bits per heavy atom. The van der Waals surface area contributed by atoms with Gasteiger partial charge < -0.3 is 19.3 Å². The highest BCUT2D eigenvalue weighted by Crippen LogP contribution is 2.25. The maximum atomic E-state index is 13.5. The molecule has 2 unspecified atom stereocenters. The van der Waals surface area contributed by atoms with Gasteiger partial charge in [0.05, 0.1) is 5.92 Å². The molecule has 1 fully saturated rings. The number of carboxylic acid groups (broad SMARTS) is 1. The van der Waals surface area contributed by atoms with Gasteiger partial charge in [-0.15, -0.1) is 0 Å². The standard InChI is InChI=1S/C18H19FN2O5/c1-11-9-21(7-6-13(11)18(23)24)17(22)15-8-12(26-20-15)10-25-16-5-3-2-4-14(16)19/h2-5,8,11,13H,6-7,9-10H2,1H3,(H,23,24). The van der Waals surface area contributed by atoms with Crippen LogP contribution in [0.1, 0.15) is 29.6 Å². The van der Waals surface area contributed by atoms with Crippen molar-refractivity contribution in [2.24, 2.45) is 11.8 Å².